The maximum Gasteiger partial charge on any atom is 0.135 e. The summed E-state index contributed by atoms with van der Waals surface area (Å²) in [6.45, 7) is 2.03. The van der Waals surface area contributed by atoms with E-state index >= 15 is 0 Å². The lowest BCUT2D eigenvalue weighted by atomic mass is 10.3. The molecule has 1 rings (SSSR count). The summed E-state index contributed by atoms with van der Waals surface area (Å²) in [7, 11) is 0. The smallest absolute Gasteiger partial charge is 0.135 e. The maximum atomic E-state index is 7.37. The van der Waals surface area contributed by atoms with Gasteiger partial charge in [0.05, 0.1) is 10.6 Å². The lowest BCUT2D eigenvalue weighted by molar-refractivity contribution is 1.03. The molecule has 0 atom stereocenters. The molecule has 0 aliphatic carbocycles. The molecule has 0 fully saturated rings. The molecule has 13 heavy (non-hydrogen) atoms. The number of nitrogens with two attached hydrogens (primary N) is 1. The first-order chi connectivity index (χ1) is 6.19. The average molecular weight is 215 g/mol. The number of amidine groups is 1. The first kappa shape index (κ1) is 10.5. The largest absolute Gasteiger partial charge is 0.383 e. The molecule has 1 aromatic heterocycles. The molecule has 0 radical (unpaired) electrons. The Morgan fingerprint density at radius 1 is 1.69 bits per heavy atom. The highest BCUT2D eigenvalue weighted by Gasteiger charge is 2.11. The van der Waals surface area contributed by atoms with Crippen molar-refractivity contribution in [2.75, 3.05) is 6.26 Å². The fraction of sp³-hybridized carbons (Fsp3) is 0.500. The molecule has 1 heterocycles. The fourth-order valence-electron chi connectivity index (χ4n) is 1.04. The van der Waals surface area contributed by atoms with Gasteiger partial charge in [-0.3, -0.25) is 5.41 Å². The van der Waals surface area contributed by atoms with E-state index in [-0.39, 0.29) is 5.84 Å². The Morgan fingerprint density at radius 2 is 2.38 bits per heavy atom. The Labute approximate surface area is 86.3 Å². The Morgan fingerprint density at radius 3 is 2.77 bits per heavy atom. The van der Waals surface area contributed by atoms with Gasteiger partial charge in [0, 0.05) is 5.75 Å². The lowest BCUT2D eigenvalue weighted by Gasteiger charge is -1.93. The predicted molar refractivity (Wildman–Crippen MR) is 59.7 cm³/mol. The van der Waals surface area contributed by atoms with Crippen LogP contribution in [0.4, 0.5) is 0 Å². The molecule has 3 nitrogen and oxygen atoms in total. The van der Waals surface area contributed by atoms with Gasteiger partial charge in [-0.05, 0) is 12.7 Å². The third-order valence-electron chi connectivity index (χ3n) is 1.59. The van der Waals surface area contributed by atoms with Crippen LogP contribution >= 0.6 is 23.1 Å². The number of thioether (sulfide) groups is 1. The van der Waals surface area contributed by atoms with Gasteiger partial charge in [-0.2, -0.15) is 11.8 Å². The van der Waals surface area contributed by atoms with E-state index in [9.17, 15) is 0 Å². The molecule has 0 bridgehead atoms. The Kier molecular flexibility index (Phi) is 3.74. The molecular weight excluding hydrogens is 202 g/mol. The molecular formula is C8H13N3S2. The van der Waals surface area contributed by atoms with Crippen LogP contribution in [0.5, 0.6) is 0 Å². The monoisotopic (exact) mass is 215 g/mol. The molecule has 0 amide bonds. The van der Waals surface area contributed by atoms with Crippen molar-refractivity contribution >= 4 is 28.9 Å². The van der Waals surface area contributed by atoms with Gasteiger partial charge in [-0.15, -0.1) is 11.3 Å². The number of hydrogen-bond acceptors (Lipinski definition) is 4. The van der Waals surface area contributed by atoms with Crippen molar-refractivity contribution in [1.29, 1.82) is 5.41 Å². The first-order valence-electron chi connectivity index (χ1n) is 4.01. The van der Waals surface area contributed by atoms with E-state index in [0.717, 1.165) is 27.8 Å². The molecule has 0 saturated heterocycles. The van der Waals surface area contributed by atoms with Gasteiger partial charge in [-0.25, -0.2) is 4.98 Å². The Hall–Kier alpha value is -0.550. The quantitative estimate of drug-likeness (QED) is 0.595. The van der Waals surface area contributed by atoms with E-state index in [2.05, 4.69) is 4.98 Å². The molecule has 0 aromatic carbocycles. The zero-order valence-electron chi connectivity index (χ0n) is 7.76. The predicted octanol–water partition coefficient (Wildman–Crippen LogP) is 1.85. The molecule has 0 aliphatic rings. The van der Waals surface area contributed by atoms with Gasteiger partial charge >= 0.3 is 0 Å². The third kappa shape index (κ3) is 2.45. The molecule has 0 saturated carbocycles. The van der Waals surface area contributed by atoms with E-state index in [4.69, 9.17) is 11.1 Å². The summed E-state index contributed by atoms with van der Waals surface area (Å²) in [6.07, 6.45) is 2.89. The van der Waals surface area contributed by atoms with E-state index in [1.54, 1.807) is 11.8 Å². The maximum absolute atomic E-state index is 7.37. The van der Waals surface area contributed by atoms with E-state index < -0.39 is 0 Å². The molecule has 72 valence electrons. The van der Waals surface area contributed by atoms with Gasteiger partial charge in [0.2, 0.25) is 0 Å². The zero-order valence-corrected chi connectivity index (χ0v) is 9.39. The second kappa shape index (κ2) is 4.62. The highest BCUT2D eigenvalue weighted by molar-refractivity contribution is 7.97. The van der Waals surface area contributed by atoms with Crippen LogP contribution in [0.2, 0.25) is 0 Å². The molecule has 3 N–H and O–H groups in total. The van der Waals surface area contributed by atoms with Gasteiger partial charge < -0.3 is 5.73 Å². The summed E-state index contributed by atoms with van der Waals surface area (Å²) < 4.78 is 0. The van der Waals surface area contributed by atoms with Crippen molar-refractivity contribution in [2.45, 2.75) is 19.1 Å². The standard InChI is InChI=1S/C8H13N3S2/c1-3-5-7(8(9)10)13-6(11-5)4-12-2/h3-4H2,1-2H3,(H3,9,10). The highest BCUT2D eigenvalue weighted by atomic mass is 32.2. The Balaban J connectivity index is 2.97. The number of thiazole rings is 1. The van der Waals surface area contributed by atoms with Crippen molar-refractivity contribution in [3.05, 3.63) is 15.6 Å². The average Bonchev–Trinajstić information content (AvgIpc) is 2.48. The van der Waals surface area contributed by atoms with Crippen LogP contribution in [0.25, 0.3) is 0 Å². The minimum Gasteiger partial charge on any atom is -0.383 e. The SMILES string of the molecule is CCc1nc(CSC)sc1C(=N)N. The molecule has 5 heteroatoms. The van der Waals surface area contributed by atoms with E-state index in [1.165, 1.54) is 11.3 Å². The van der Waals surface area contributed by atoms with Crippen LogP contribution in [0, 0.1) is 5.41 Å². The minimum atomic E-state index is 0.140. The summed E-state index contributed by atoms with van der Waals surface area (Å²) in [5, 5.41) is 8.43. The summed E-state index contributed by atoms with van der Waals surface area (Å²) in [6, 6.07) is 0. The highest BCUT2D eigenvalue weighted by Crippen LogP contribution is 2.21. The van der Waals surface area contributed by atoms with Crippen molar-refractivity contribution in [3.8, 4) is 0 Å². The van der Waals surface area contributed by atoms with Crippen LogP contribution in [0.1, 0.15) is 22.5 Å². The van der Waals surface area contributed by atoms with Crippen molar-refractivity contribution in [1.82, 2.24) is 4.98 Å². The first-order valence-corrected chi connectivity index (χ1v) is 6.22. The van der Waals surface area contributed by atoms with Crippen molar-refractivity contribution in [3.63, 3.8) is 0 Å². The number of aromatic nitrogens is 1. The third-order valence-corrected chi connectivity index (χ3v) is 3.46. The van der Waals surface area contributed by atoms with Crippen LogP contribution in [0.3, 0.4) is 0 Å². The Bertz CT molecular complexity index is 306. The summed E-state index contributed by atoms with van der Waals surface area (Å²) in [4.78, 5) is 5.26. The lowest BCUT2D eigenvalue weighted by Crippen LogP contribution is -2.11. The van der Waals surface area contributed by atoms with Gasteiger partial charge in [0.15, 0.2) is 0 Å². The zero-order chi connectivity index (χ0) is 9.84. The summed E-state index contributed by atoms with van der Waals surface area (Å²) in [5.41, 5.74) is 6.41. The van der Waals surface area contributed by atoms with Crippen molar-refractivity contribution < 1.29 is 0 Å². The topological polar surface area (TPSA) is 62.8 Å². The van der Waals surface area contributed by atoms with E-state index in [1.807, 2.05) is 13.2 Å². The normalized spacial score (nSPS) is 10.3. The number of nitrogen functional groups attached to an aromatic ring is 1. The summed E-state index contributed by atoms with van der Waals surface area (Å²) in [5.74, 6) is 1.05. The van der Waals surface area contributed by atoms with Crippen LogP contribution in [-0.2, 0) is 12.2 Å². The van der Waals surface area contributed by atoms with Gasteiger partial charge in [0.25, 0.3) is 0 Å². The van der Waals surface area contributed by atoms with Gasteiger partial charge in [-0.1, -0.05) is 6.92 Å². The number of rotatable bonds is 4. The molecule has 0 unspecified atom stereocenters. The van der Waals surface area contributed by atoms with Crippen LogP contribution in [0.15, 0.2) is 0 Å². The second-order valence-electron chi connectivity index (χ2n) is 2.58. The van der Waals surface area contributed by atoms with Crippen LogP contribution in [-0.4, -0.2) is 17.1 Å². The second-order valence-corrected chi connectivity index (χ2v) is 4.53. The number of nitrogens with one attached hydrogen (secondary N) is 1. The van der Waals surface area contributed by atoms with Crippen LogP contribution < -0.4 is 5.73 Å². The number of aryl methyl sites for hydroxylation is 1. The fourth-order valence-corrected chi connectivity index (χ4v) is 2.75. The van der Waals surface area contributed by atoms with Gasteiger partial charge in [0.1, 0.15) is 10.8 Å². The molecule has 1 aromatic rings. The van der Waals surface area contributed by atoms with E-state index in [0.29, 0.717) is 0 Å². The number of hydrogen-bond donors (Lipinski definition) is 2. The number of nitrogens with zero attached hydrogens (tertiary/aromatic N) is 1. The van der Waals surface area contributed by atoms with Crippen molar-refractivity contribution in [2.24, 2.45) is 5.73 Å². The summed E-state index contributed by atoms with van der Waals surface area (Å²) >= 11 is 3.27. The minimum absolute atomic E-state index is 0.140. The molecule has 0 spiro atoms. The molecule has 0 aliphatic heterocycles.